The zero-order valence-electron chi connectivity index (χ0n) is 14.2. The fourth-order valence-electron chi connectivity index (χ4n) is 2.41. The summed E-state index contributed by atoms with van der Waals surface area (Å²) in [6.45, 7) is 3.53. The van der Waals surface area contributed by atoms with E-state index in [4.69, 9.17) is 4.74 Å². The number of hydrogen-bond acceptors (Lipinski definition) is 4. The van der Waals surface area contributed by atoms with Gasteiger partial charge in [-0.3, -0.25) is 4.99 Å². The van der Waals surface area contributed by atoms with E-state index in [9.17, 15) is 8.42 Å². The van der Waals surface area contributed by atoms with Crippen LogP contribution >= 0.6 is 24.0 Å². The predicted octanol–water partition coefficient (Wildman–Crippen LogP) is 1.38. The summed E-state index contributed by atoms with van der Waals surface area (Å²) in [5, 5.41) is 6.23. The highest BCUT2D eigenvalue weighted by molar-refractivity contribution is 14.0. The van der Waals surface area contributed by atoms with Crippen molar-refractivity contribution in [2.24, 2.45) is 4.99 Å². The summed E-state index contributed by atoms with van der Waals surface area (Å²) in [5.41, 5.74) is 2.53. The molecule has 0 aliphatic carbocycles. The van der Waals surface area contributed by atoms with Crippen molar-refractivity contribution in [3.8, 4) is 5.75 Å². The Morgan fingerprint density at radius 3 is 2.75 bits per heavy atom. The van der Waals surface area contributed by atoms with Crippen molar-refractivity contribution in [3.05, 3.63) is 29.3 Å². The number of benzene rings is 1. The summed E-state index contributed by atoms with van der Waals surface area (Å²) in [7, 11) is -1.27. The first-order valence-corrected chi connectivity index (χ1v) is 9.76. The minimum absolute atomic E-state index is 0. The molecule has 2 rings (SSSR count). The molecule has 1 heterocycles. The first kappa shape index (κ1) is 21.0. The predicted molar refractivity (Wildman–Crippen MR) is 108 cm³/mol. The zero-order valence-corrected chi connectivity index (χ0v) is 17.3. The van der Waals surface area contributed by atoms with Gasteiger partial charge in [-0.15, -0.1) is 24.0 Å². The molecule has 136 valence electrons. The molecule has 0 unspecified atom stereocenters. The number of aliphatic imine (C=N–C) groups is 1. The Morgan fingerprint density at radius 1 is 1.29 bits per heavy atom. The third-order valence-corrected chi connectivity index (χ3v) is 5.53. The van der Waals surface area contributed by atoms with Crippen molar-refractivity contribution in [2.75, 3.05) is 38.2 Å². The molecule has 0 radical (unpaired) electrons. The number of halogens is 1. The molecular weight excluding hydrogens is 441 g/mol. The molecular formula is C16H26IN3O3S. The van der Waals surface area contributed by atoms with Gasteiger partial charge >= 0.3 is 0 Å². The number of guanidine groups is 1. The Labute approximate surface area is 161 Å². The van der Waals surface area contributed by atoms with Crippen LogP contribution in [0.1, 0.15) is 18.1 Å². The Kier molecular flexibility index (Phi) is 8.82. The molecule has 0 bridgehead atoms. The van der Waals surface area contributed by atoms with Gasteiger partial charge in [-0.2, -0.15) is 0 Å². The molecule has 0 atom stereocenters. The maximum atomic E-state index is 11.5. The molecule has 1 aliphatic rings. The molecule has 0 aromatic heterocycles. The van der Waals surface area contributed by atoms with Crippen molar-refractivity contribution < 1.29 is 13.2 Å². The summed E-state index contributed by atoms with van der Waals surface area (Å²) < 4.78 is 28.4. The smallest absolute Gasteiger partial charge is 0.191 e. The fraction of sp³-hybridized carbons (Fsp3) is 0.562. The average molecular weight is 467 g/mol. The molecule has 24 heavy (non-hydrogen) atoms. The second kappa shape index (κ2) is 10.1. The van der Waals surface area contributed by atoms with E-state index < -0.39 is 9.84 Å². The van der Waals surface area contributed by atoms with Crippen LogP contribution in [0.25, 0.3) is 0 Å². The standard InChI is InChI=1S/C16H25N3O3S.HI/c1-3-23(20,21)11-9-19-16(17-2)18-8-6-13-4-5-15-14(12-13)7-10-22-15;/h4-5,12H,3,6-11H2,1-2H3,(H2,17,18,19);1H. The molecule has 1 aromatic rings. The first-order valence-electron chi connectivity index (χ1n) is 7.93. The summed E-state index contributed by atoms with van der Waals surface area (Å²) in [5.74, 6) is 1.91. The maximum Gasteiger partial charge on any atom is 0.191 e. The highest BCUT2D eigenvalue weighted by atomic mass is 127. The fourth-order valence-corrected chi connectivity index (χ4v) is 3.11. The van der Waals surface area contributed by atoms with E-state index in [-0.39, 0.29) is 35.5 Å². The van der Waals surface area contributed by atoms with Gasteiger partial charge in [0.25, 0.3) is 0 Å². The van der Waals surface area contributed by atoms with Crippen LogP contribution < -0.4 is 15.4 Å². The van der Waals surface area contributed by atoms with E-state index in [0.717, 1.165) is 31.7 Å². The minimum Gasteiger partial charge on any atom is -0.493 e. The van der Waals surface area contributed by atoms with Gasteiger partial charge in [0.1, 0.15) is 5.75 Å². The van der Waals surface area contributed by atoms with Crippen molar-refractivity contribution in [1.82, 2.24) is 10.6 Å². The highest BCUT2D eigenvalue weighted by Crippen LogP contribution is 2.25. The van der Waals surface area contributed by atoms with Gasteiger partial charge in [-0.1, -0.05) is 19.1 Å². The number of nitrogens with zero attached hydrogens (tertiary/aromatic N) is 1. The first-order chi connectivity index (χ1) is 11.0. The number of hydrogen-bond donors (Lipinski definition) is 2. The molecule has 0 saturated carbocycles. The van der Waals surface area contributed by atoms with Crippen LogP contribution in [0.15, 0.2) is 23.2 Å². The zero-order chi connectivity index (χ0) is 16.7. The van der Waals surface area contributed by atoms with Crippen LogP contribution in [-0.2, 0) is 22.7 Å². The van der Waals surface area contributed by atoms with Gasteiger partial charge in [0.15, 0.2) is 15.8 Å². The van der Waals surface area contributed by atoms with Crippen molar-refractivity contribution in [3.63, 3.8) is 0 Å². The van der Waals surface area contributed by atoms with E-state index in [1.807, 2.05) is 6.07 Å². The summed E-state index contributed by atoms with van der Waals surface area (Å²) in [6.07, 6.45) is 1.85. The number of sulfone groups is 1. The highest BCUT2D eigenvalue weighted by Gasteiger charge is 2.12. The second-order valence-electron chi connectivity index (χ2n) is 5.45. The van der Waals surface area contributed by atoms with Crippen LogP contribution in [0.3, 0.4) is 0 Å². The van der Waals surface area contributed by atoms with Crippen LogP contribution in [0.2, 0.25) is 0 Å². The molecule has 0 spiro atoms. The van der Waals surface area contributed by atoms with Gasteiger partial charge in [0.05, 0.1) is 12.4 Å². The average Bonchev–Trinajstić information content (AvgIpc) is 3.01. The Hall–Kier alpha value is -1.03. The summed E-state index contributed by atoms with van der Waals surface area (Å²) in [6, 6.07) is 6.30. The quantitative estimate of drug-likeness (QED) is 0.360. The Balaban J connectivity index is 0.00000288. The van der Waals surface area contributed by atoms with Gasteiger partial charge in [-0.25, -0.2) is 8.42 Å². The SMILES string of the molecule is CCS(=O)(=O)CCNC(=NC)NCCc1ccc2c(c1)CCO2.I. The van der Waals surface area contributed by atoms with Gasteiger partial charge in [0, 0.05) is 32.3 Å². The van der Waals surface area contributed by atoms with Crippen LogP contribution in [0.4, 0.5) is 0 Å². The summed E-state index contributed by atoms with van der Waals surface area (Å²) >= 11 is 0. The van der Waals surface area contributed by atoms with Gasteiger partial charge < -0.3 is 15.4 Å². The van der Waals surface area contributed by atoms with E-state index in [0.29, 0.717) is 12.5 Å². The molecule has 2 N–H and O–H groups in total. The third kappa shape index (κ3) is 6.46. The number of nitrogens with one attached hydrogen (secondary N) is 2. The molecule has 6 nitrogen and oxygen atoms in total. The van der Waals surface area contributed by atoms with E-state index >= 15 is 0 Å². The monoisotopic (exact) mass is 467 g/mol. The number of rotatable bonds is 7. The topological polar surface area (TPSA) is 79.8 Å². The largest absolute Gasteiger partial charge is 0.493 e. The normalized spacial score (nSPS) is 13.7. The van der Waals surface area contributed by atoms with E-state index in [1.165, 1.54) is 11.1 Å². The molecule has 0 amide bonds. The third-order valence-electron chi connectivity index (χ3n) is 3.83. The lowest BCUT2D eigenvalue weighted by Crippen LogP contribution is -2.40. The Bertz CT molecular complexity index is 663. The Morgan fingerprint density at radius 2 is 2.04 bits per heavy atom. The van der Waals surface area contributed by atoms with Crippen molar-refractivity contribution in [1.29, 1.82) is 0 Å². The molecule has 1 aromatic carbocycles. The van der Waals surface area contributed by atoms with Crippen LogP contribution in [0, 0.1) is 0 Å². The van der Waals surface area contributed by atoms with Gasteiger partial charge in [-0.05, 0) is 23.6 Å². The lowest BCUT2D eigenvalue weighted by Gasteiger charge is -2.12. The summed E-state index contributed by atoms with van der Waals surface area (Å²) in [4.78, 5) is 4.10. The van der Waals surface area contributed by atoms with Crippen LogP contribution in [0.5, 0.6) is 5.75 Å². The molecule has 1 aliphatic heterocycles. The molecule has 0 saturated heterocycles. The maximum absolute atomic E-state index is 11.5. The van der Waals surface area contributed by atoms with Gasteiger partial charge in [0.2, 0.25) is 0 Å². The second-order valence-corrected chi connectivity index (χ2v) is 7.93. The van der Waals surface area contributed by atoms with Crippen molar-refractivity contribution in [2.45, 2.75) is 19.8 Å². The van der Waals surface area contributed by atoms with E-state index in [1.54, 1.807) is 14.0 Å². The minimum atomic E-state index is -2.95. The number of ether oxygens (including phenoxy) is 1. The molecule has 8 heteroatoms. The number of fused-ring (bicyclic) bond motifs is 1. The lowest BCUT2D eigenvalue weighted by atomic mass is 10.1. The van der Waals surface area contributed by atoms with Crippen LogP contribution in [-0.4, -0.2) is 52.6 Å². The van der Waals surface area contributed by atoms with Crippen molar-refractivity contribution >= 4 is 39.8 Å². The molecule has 0 fully saturated rings. The lowest BCUT2D eigenvalue weighted by molar-refractivity contribution is 0.357. The van der Waals surface area contributed by atoms with E-state index in [2.05, 4.69) is 27.8 Å².